The number of ether oxygens (including phenoxy) is 2. The first-order chi connectivity index (χ1) is 10.1. The van der Waals surface area contributed by atoms with E-state index in [-0.39, 0.29) is 42.9 Å². The largest absolute Gasteiger partial charge is 0.377 e. The standard InChI is InChI=1S/C15H29N3O3.2ClH/c1-12(2)20-10-8-18-6-3-13(4-7-18)17-15(19)14-11-16-5-9-21-14;;/h12-14,16H,3-11H2,1-2H3,(H,17,19);2*1H. The van der Waals surface area contributed by atoms with E-state index in [0.717, 1.165) is 45.6 Å². The summed E-state index contributed by atoms with van der Waals surface area (Å²) >= 11 is 0. The molecule has 2 fully saturated rings. The van der Waals surface area contributed by atoms with E-state index >= 15 is 0 Å². The van der Waals surface area contributed by atoms with Crippen LogP contribution in [0.4, 0.5) is 0 Å². The average molecular weight is 372 g/mol. The summed E-state index contributed by atoms with van der Waals surface area (Å²) in [5, 5.41) is 6.31. The van der Waals surface area contributed by atoms with Gasteiger partial charge in [0, 0.05) is 38.8 Å². The van der Waals surface area contributed by atoms with Gasteiger partial charge in [-0.15, -0.1) is 24.8 Å². The number of amides is 1. The fourth-order valence-electron chi connectivity index (χ4n) is 2.75. The van der Waals surface area contributed by atoms with E-state index in [1.165, 1.54) is 0 Å². The van der Waals surface area contributed by atoms with Crippen LogP contribution in [0.15, 0.2) is 0 Å². The van der Waals surface area contributed by atoms with Crippen LogP contribution >= 0.6 is 24.8 Å². The molecule has 2 aliphatic heterocycles. The highest BCUT2D eigenvalue weighted by molar-refractivity contribution is 5.85. The van der Waals surface area contributed by atoms with Gasteiger partial charge in [-0.1, -0.05) is 0 Å². The van der Waals surface area contributed by atoms with Crippen LogP contribution in [0.1, 0.15) is 26.7 Å². The van der Waals surface area contributed by atoms with Gasteiger partial charge in [0.05, 0.1) is 19.3 Å². The van der Waals surface area contributed by atoms with Crippen LogP contribution in [0, 0.1) is 0 Å². The highest BCUT2D eigenvalue weighted by Gasteiger charge is 2.26. The quantitative estimate of drug-likeness (QED) is 0.723. The van der Waals surface area contributed by atoms with Crippen molar-refractivity contribution in [1.29, 1.82) is 0 Å². The number of morpholine rings is 1. The first kappa shape index (κ1) is 22.9. The van der Waals surface area contributed by atoms with Crippen molar-refractivity contribution in [3.63, 3.8) is 0 Å². The van der Waals surface area contributed by atoms with Crippen molar-refractivity contribution in [3.8, 4) is 0 Å². The van der Waals surface area contributed by atoms with E-state index in [1.54, 1.807) is 0 Å². The average Bonchev–Trinajstić information content (AvgIpc) is 2.49. The lowest BCUT2D eigenvalue weighted by molar-refractivity contribution is -0.135. The van der Waals surface area contributed by atoms with Crippen molar-refractivity contribution in [2.24, 2.45) is 0 Å². The van der Waals surface area contributed by atoms with E-state index in [9.17, 15) is 4.79 Å². The van der Waals surface area contributed by atoms with E-state index in [4.69, 9.17) is 9.47 Å². The molecule has 0 radical (unpaired) electrons. The van der Waals surface area contributed by atoms with Crippen LogP contribution in [0.2, 0.25) is 0 Å². The van der Waals surface area contributed by atoms with Gasteiger partial charge in [0.15, 0.2) is 0 Å². The Hall–Kier alpha value is -0.110. The molecule has 6 nitrogen and oxygen atoms in total. The predicted octanol–water partition coefficient (Wildman–Crippen LogP) is 0.824. The van der Waals surface area contributed by atoms with Crippen LogP contribution < -0.4 is 10.6 Å². The highest BCUT2D eigenvalue weighted by Crippen LogP contribution is 2.11. The zero-order valence-electron chi connectivity index (χ0n) is 14.1. The summed E-state index contributed by atoms with van der Waals surface area (Å²) in [6.45, 7) is 10.0. The van der Waals surface area contributed by atoms with Gasteiger partial charge >= 0.3 is 0 Å². The minimum absolute atomic E-state index is 0. The minimum Gasteiger partial charge on any atom is -0.377 e. The first-order valence-electron chi connectivity index (χ1n) is 8.12. The molecule has 0 aromatic rings. The molecule has 0 aromatic heterocycles. The zero-order valence-corrected chi connectivity index (χ0v) is 15.7. The third-order valence-electron chi connectivity index (χ3n) is 4.01. The van der Waals surface area contributed by atoms with E-state index in [2.05, 4.69) is 29.4 Å². The Morgan fingerprint density at radius 1 is 1.35 bits per heavy atom. The van der Waals surface area contributed by atoms with Gasteiger partial charge in [-0.05, 0) is 26.7 Å². The number of piperidine rings is 1. The number of carbonyl (C=O) groups is 1. The highest BCUT2D eigenvalue weighted by atomic mass is 35.5. The van der Waals surface area contributed by atoms with Crippen molar-refractivity contribution in [1.82, 2.24) is 15.5 Å². The van der Waals surface area contributed by atoms with Crippen LogP contribution in [-0.4, -0.2) is 75.0 Å². The fourth-order valence-corrected chi connectivity index (χ4v) is 2.75. The van der Waals surface area contributed by atoms with Crippen molar-refractivity contribution in [2.45, 2.75) is 44.9 Å². The lowest BCUT2D eigenvalue weighted by Crippen LogP contribution is -2.52. The van der Waals surface area contributed by atoms with Crippen molar-refractivity contribution < 1.29 is 14.3 Å². The lowest BCUT2D eigenvalue weighted by Gasteiger charge is -2.33. The molecular formula is C15H31Cl2N3O3. The molecular weight excluding hydrogens is 341 g/mol. The van der Waals surface area contributed by atoms with Crippen LogP contribution in [0.25, 0.3) is 0 Å². The summed E-state index contributed by atoms with van der Waals surface area (Å²) in [5.74, 6) is 0.0313. The summed E-state index contributed by atoms with van der Waals surface area (Å²) in [6, 6.07) is 0.283. The Balaban J connectivity index is 0.00000242. The number of carbonyl (C=O) groups excluding carboxylic acids is 1. The molecule has 0 spiro atoms. The van der Waals surface area contributed by atoms with E-state index in [0.29, 0.717) is 19.3 Å². The molecule has 1 atom stereocenters. The number of nitrogens with one attached hydrogen (secondary N) is 2. The number of hydrogen-bond acceptors (Lipinski definition) is 5. The molecule has 23 heavy (non-hydrogen) atoms. The topological polar surface area (TPSA) is 62.8 Å². The van der Waals surface area contributed by atoms with Crippen molar-refractivity contribution in [3.05, 3.63) is 0 Å². The second-order valence-electron chi connectivity index (χ2n) is 6.11. The number of nitrogens with zero attached hydrogens (tertiary/aromatic N) is 1. The van der Waals surface area contributed by atoms with Gasteiger partial charge < -0.3 is 25.0 Å². The predicted molar refractivity (Wildman–Crippen MR) is 95.8 cm³/mol. The van der Waals surface area contributed by atoms with Crippen LogP contribution in [0.3, 0.4) is 0 Å². The van der Waals surface area contributed by atoms with Gasteiger partial charge in [-0.25, -0.2) is 0 Å². The molecule has 2 heterocycles. The van der Waals surface area contributed by atoms with Gasteiger partial charge in [0.25, 0.3) is 5.91 Å². The van der Waals surface area contributed by atoms with Crippen LogP contribution in [0.5, 0.6) is 0 Å². The maximum Gasteiger partial charge on any atom is 0.250 e. The van der Waals surface area contributed by atoms with Crippen molar-refractivity contribution in [2.75, 3.05) is 45.9 Å². The summed E-state index contributed by atoms with van der Waals surface area (Å²) in [4.78, 5) is 14.5. The van der Waals surface area contributed by atoms with Crippen LogP contribution in [-0.2, 0) is 14.3 Å². The Morgan fingerprint density at radius 2 is 2.04 bits per heavy atom. The number of rotatable bonds is 6. The second kappa shape index (κ2) is 12.3. The monoisotopic (exact) mass is 371 g/mol. The fraction of sp³-hybridized carbons (Fsp3) is 0.933. The summed E-state index contributed by atoms with van der Waals surface area (Å²) in [7, 11) is 0. The maximum atomic E-state index is 12.1. The smallest absolute Gasteiger partial charge is 0.250 e. The molecule has 0 aromatic carbocycles. The number of halogens is 2. The van der Waals surface area contributed by atoms with Gasteiger partial charge in [-0.2, -0.15) is 0 Å². The Bertz CT molecular complexity index is 321. The third kappa shape index (κ3) is 8.52. The SMILES string of the molecule is CC(C)OCCN1CCC(NC(=O)C2CNCCO2)CC1.Cl.Cl. The summed E-state index contributed by atoms with van der Waals surface area (Å²) in [5.41, 5.74) is 0. The zero-order chi connectivity index (χ0) is 15.1. The molecule has 2 saturated heterocycles. The second-order valence-corrected chi connectivity index (χ2v) is 6.11. The summed E-state index contributed by atoms with van der Waals surface area (Å²) < 4.78 is 11.1. The molecule has 0 bridgehead atoms. The molecule has 138 valence electrons. The molecule has 1 amide bonds. The van der Waals surface area contributed by atoms with E-state index in [1.807, 2.05) is 0 Å². The number of likely N-dealkylation sites (tertiary alicyclic amines) is 1. The van der Waals surface area contributed by atoms with Gasteiger partial charge in [0.2, 0.25) is 0 Å². The third-order valence-corrected chi connectivity index (χ3v) is 4.01. The molecule has 2 N–H and O–H groups in total. The molecule has 0 aliphatic carbocycles. The number of hydrogen-bond donors (Lipinski definition) is 2. The molecule has 0 saturated carbocycles. The van der Waals surface area contributed by atoms with Gasteiger partial charge in [-0.3, -0.25) is 4.79 Å². The van der Waals surface area contributed by atoms with Gasteiger partial charge in [0.1, 0.15) is 6.10 Å². The normalized spacial score (nSPS) is 23.0. The Kier molecular flexibility index (Phi) is 12.2. The molecule has 2 rings (SSSR count). The maximum absolute atomic E-state index is 12.1. The lowest BCUT2D eigenvalue weighted by atomic mass is 10.0. The Morgan fingerprint density at radius 3 is 2.61 bits per heavy atom. The molecule has 1 unspecified atom stereocenters. The summed E-state index contributed by atoms with van der Waals surface area (Å²) in [6.07, 6.45) is 1.99. The molecule has 2 aliphatic rings. The van der Waals surface area contributed by atoms with Crippen molar-refractivity contribution >= 4 is 30.7 Å². The van der Waals surface area contributed by atoms with E-state index < -0.39 is 0 Å². The first-order valence-corrected chi connectivity index (χ1v) is 8.12. The Labute approximate surface area is 151 Å². The minimum atomic E-state index is -0.323. The molecule has 8 heteroatoms.